The van der Waals surface area contributed by atoms with Crippen LogP contribution in [0.25, 0.3) is 0 Å². The molecule has 4 nitrogen and oxygen atoms in total. The van der Waals surface area contributed by atoms with E-state index in [1.54, 1.807) is 12.1 Å². The summed E-state index contributed by atoms with van der Waals surface area (Å²) < 4.78 is 13.2. The molecule has 0 radical (unpaired) electrons. The first kappa shape index (κ1) is 19.4. The van der Waals surface area contributed by atoms with Crippen LogP contribution in [0.5, 0.6) is 0 Å². The summed E-state index contributed by atoms with van der Waals surface area (Å²) >= 11 is 0. The van der Waals surface area contributed by atoms with Gasteiger partial charge in [0.25, 0.3) is 0 Å². The van der Waals surface area contributed by atoms with Crippen LogP contribution in [0.2, 0.25) is 0 Å². The molecule has 144 valence electrons. The van der Waals surface area contributed by atoms with Crippen LogP contribution in [-0.2, 0) is 11.3 Å². The zero-order valence-electron chi connectivity index (χ0n) is 16.1. The Morgan fingerprint density at radius 2 is 1.67 bits per heavy atom. The number of carbonyl (C=O) groups excluding carboxylic acids is 1. The summed E-state index contributed by atoms with van der Waals surface area (Å²) in [6.07, 6.45) is 3.84. The minimum absolute atomic E-state index is 0.0910. The maximum atomic E-state index is 13.2. The lowest BCUT2D eigenvalue weighted by Crippen LogP contribution is -2.36. The predicted molar refractivity (Wildman–Crippen MR) is 107 cm³/mol. The zero-order valence-corrected chi connectivity index (χ0v) is 16.1. The van der Waals surface area contributed by atoms with Gasteiger partial charge in [0.05, 0.1) is 0 Å². The molecule has 1 aliphatic rings. The number of nitrogens with zero attached hydrogens (tertiary/aromatic N) is 2. The molecule has 1 saturated heterocycles. The molecule has 0 aromatic heterocycles. The smallest absolute Gasteiger partial charge is 0.242 e. The van der Waals surface area contributed by atoms with E-state index >= 15 is 0 Å². The summed E-state index contributed by atoms with van der Waals surface area (Å²) in [5, 5.41) is 3.00. The Morgan fingerprint density at radius 1 is 1.04 bits per heavy atom. The molecular formula is C22H28FN3O. The third-order valence-corrected chi connectivity index (χ3v) is 5.07. The van der Waals surface area contributed by atoms with Crippen molar-refractivity contribution in [3.05, 3.63) is 65.5 Å². The highest BCUT2D eigenvalue weighted by atomic mass is 19.1. The minimum Gasteiger partial charge on any atom is -0.372 e. The summed E-state index contributed by atoms with van der Waals surface area (Å²) in [7, 11) is 3.70. The van der Waals surface area contributed by atoms with Crippen LogP contribution < -0.4 is 10.2 Å². The lowest BCUT2D eigenvalue weighted by molar-refractivity contribution is -0.125. The van der Waals surface area contributed by atoms with Gasteiger partial charge in [0, 0.05) is 25.3 Å². The standard InChI is InChI=1S/C22H28FN3O/c1-25(2)21(18-8-10-19(23)11-9-18)22(27)24-16-17-6-12-20(13-7-17)26-14-4-3-5-15-26/h6-13,21H,3-5,14-16H2,1-2H3,(H,24,27)/t21-/m0/s1. The average Bonchev–Trinajstić information content (AvgIpc) is 2.69. The Morgan fingerprint density at radius 3 is 2.26 bits per heavy atom. The van der Waals surface area contributed by atoms with Crippen LogP contribution >= 0.6 is 0 Å². The Labute approximate surface area is 161 Å². The predicted octanol–water partition coefficient (Wildman–Crippen LogP) is 3.74. The molecule has 1 aliphatic heterocycles. The number of nitrogens with one attached hydrogen (secondary N) is 1. The number of benzene rings is 2. The second kappa shape index (κ2) is 9.00. The van der Waals surface area contributed by atoms with Crippen LogP contribution in [0, 0.1) is 5.82 Å². The molecule has 1 amide bonds. The Balaban J connectivity index is 1.60. The van der Waals surface area contributed by atoms with E-state index in [0.29, 0.717) is 6.54 Å². The molecule has 2 aromatic carbocycles. The number of halogens is 1. The molecular weight excluding hydrogens is 341 g/mol. The van der Waals surface area contributed by atoms with E-state index in [2.05, 4.69) is 34.5 Å². The molecule has 0 spiro atoms. The van der Waals surface area contributed by atoms with Crippen molar-refractivity contribution in [1.82, 2.24) is 10.2 Å². The molecule has 0 bridgehead atoms. The van der Waals surface area contributed by atoms with Crippen molar-refractivity contribution in [1.29, 1.82) is 0 Å². The Kier molecular flexibility index (Phi) is 6.45. The molecule has 1 fully saturated rings. The van der Waals surface area contributed by atoms with Crippen molar-refractivity contribution < 1.29 is 9.18 Å². The first-order chi connectivity index (χ1) is 13.0. The maximum absolute atomic E-state index is 13.2. The monoisotopic (exact) mass is 369 g/mol. The van der Waals surface area contributed by atoms with Gasteiger partial charge in [-0.1, -0.05) is 24.3 Å². The van der Waals surface area contributed by atoms with Gasteiger partial charge in [0.2, 0.25) is 5.91 Å². The topological polar surface area (TPSA) is 35.6 Å². The van der Waals surface area contributed by atoms with E-state index in [1.165, 1.54) is 37.1 Å². The van der Waals surface area contributed by atoms with Gasteiger partial charge < -0.3 is 10.2 Å². The summed E-state index contributed by atoms with van der Waals surface area (Å²) in [6.45, 7) is 2.72. The zero-order chi connectivity index (χ0) is 19.2. The second-order valence-corrected chi connectivity index (χ2v) is 7.35. The highest BCUT2D eigenvalue weighted by molar-refractivity contribution is 5.83. The normalized spacial score (nSPS) is 15.6. The highest BCUT2D eigenvalue weighted by Gasteiger charge is 2.22. The van der Waals surface area contributed by atoms with E-state index in [1.807, 2.05) is 19.0 Å². The van der Waals surface area contributed by atoms with E-state index in [9.17, 15) is 9.18 Å². The molecule has 3 rings (SSSR count). The van der Waals surface area contributed by atoms with Crippen molar-refractivity contribution in [2.45, 2.75) is 31.8 Å². The van der Waals surface area contributed by atoms with Gasteiger partial charge in [-0.2, -0.15) is 0 Å². The molecule has 5 heteroatoms. The van der Waals surface area contributed by atoms with Crippen LogP contribution in [0.15, 0.2) is 48.5 Å². The summed E-state index contributed by atoms with van der Waals surface area (Å²) in [5.74, 6) is -0.392. The summed E-state index contributed by atoms with van der Waals surface area (Å²) in [6, 6.07) is 14.1. The number of piperidine rings is 1. The highest BCUT2D eigenvalue weighted by Crippen LogP contribution is 2.21. The van der Waals surface area contributed by atoms with Crippen molar-refractivity contribution in [3.8, 4) is 0 Å². The fraction of sp³-hybridized carbons (Fsp3) is 0.409. The van der Waals surface area contributed by atoms with Crippen LogP contribution in [0.3, 0.4) is 0 Å². The number of rotatable bonds is 6. The fourth-order valence-corrected chi connectivity index (χ4v) is 3.59. The van der Waals surface area contributed by atoms with Gasteiger partial charge in [-0.3, -0.25) is 9.69 Å². The molecule has 27 heavy (non-hydrogen) atoms. The number of carbonyl (C=O) groups is 1. The molecule has 2 aromatic rings. The van der Waals surface area contributed by atoms with Gasteiger partial charge in [0.15, 0.2) is 0 Å². The second-order valence-electron chi connectivity index (χ2n) is 7.35. The quantitative estimate of drug-likeness (QED) is 0.843. The van der Waals surface area contributed by atoms with E-state index in [0.717, 1.165) is 24.2 Å². The average molecular weight is 369 g/mol. The molecule has 1 N–H and O–H groups in total. The van der Waals surface area contributed by atoms with Crippen LogP contribution in [0.1, 0.15) is 36.4 Å². The third kappa shape index (κ3) is 5.07. The number of amides is 1. The number of hydrogen-bond donors (Lipinski definition) is 1. The van der Waals surface area contributed by atoms with Gasteiger partial charge >= 0.3 is 0 Å². The van der Waals surface area contributed by atoms with Gasteiger partial charge in [-0.25, -0.2) is 4.39 Å². The first-order valence-electron chi connectivity index (χ1n) is 9.58. The van der Waals surface area contributed by atoms with E-state index in [-0.39, 0.29) is 11.7 Å². The lowest BCUT2D eigenvalue weighted by atomic mass is 10.0. The number of anilines is 1. The largest absolute Gasteiger partial charge is 0.372 e. The van der Waals surface area contributed by atoms with Crippen molar-refractivity contribution >= 4 is 11.6 Å². The molecule has 0 saturated carbocycles. The number of likely N-dealkylation sites (N-methyl/N-ethyl adjacent to an activating group) is 1. The summed E-state index contributed by atoms with van der Waals surface area (Å²) in [5.41, 5.74) is 3.10. The minimum atomic E-state index is -0.446. The maximum Gasteiger partial charge on any atom is 0.242 e. The third-order valence-electron chi connectivity index (χ3n) is 5.07. The van der Waals surface area contributed by atoms with E-state index < -0.39 is 6.04 Å². The lowest BCUT2D eigenvalue weighted by Gasteiger charge is -2.29. The first-order valence-corrected chi connectivity index (χ1v) is 9.58. The SMILES string of the molecule is CN(C)[C@H](C(=O)NCc1ccc(N2CCCCC2)cc1)c1ccc(F)cc1. The van der Waals surface area contributed by atoms with Crippen LogP contribution in [0.4, 0.5) is 10.1 Å². The molecule has 0 aliphatic carbocycles. The van der Waals surface area contributed by atoms with Crippen LogP contribution in [-0.4, -0.2) is 38.0 Å². The van der Waals surface area contributed by atoms with E-state index in [4.69, 9.17) is 0 Å². The molecule has 0 unspecified atom stereocenters. The van der Waals surface area contributed by atoms with Gasteiger partial charge in [-0.05, 0) is 68.8 Å². The number of hydrogen-bond acceptors (Lipinski definition) is 3. The van der Waals surface area contributed by atoms with Crippen molar-refractivity contribution in [3.63, 3.8) is 0 Å². The Bertz CT molecular complexity index is 737. The summed E-state index contributed by atoms with van der Waals surface area (Å²) in [4.78, 5) is 17.0. The van der Waals surface area contributed by atoms with Gasteiger partial charge in [0.1, 0.15) is 11.9 Å². The molecule has 1 atom stereocenters. The van der Waals surface area contributed by atoms with Crippen molar-refractivity contribution in [2.75, 3.05) is 32.1 Å². The Hall–Kier alpha value is -2.40. The van der Waals surface area contributed by atoms with Crippen molar-refractivity contribution in [2.24, 2.45) is 0 Å². The van der Waals surface area contributed by atoms with Gasteiger partial charge in [-0.15, -0.1) is 0 Å². The fourth-order valence-electron chi connectivity index (χ4n) is 3.59. The molecule has 1 heterocycles.